The van der Waals surface area contributed by atoms with Gasteiger partial charge in [-0.25, -0.2) is 0 Å². The van der Waals surface area contributed by atoms with Crippen LogP contribution in [0.3, 0.4) is 0 Å². The molecule has 7 heteroatoms. The molecule has 0 saturated carbocycles. The zero-order valence-corrected chi connectivity index (χ0v) is 22.3. The molecular weight excluding hydrogens is 494 g/mol. The predicted octanol–water partition coefficient (Wildman–Crippen LogP) is 7.19. The maximum Gasteiger partial charge on any atom is 0.255 e. The fourth-order valence-corrected chi connectivity index (χ4v) is 5.40. The lowest BCUT2D eigenvalue weighted by atomic mass is 10.1. The fraction of sp³-hybridized carbons (Fsp3) is 0.161. The van der Waals surface area contributed by atoms with Crippen molar-refractivity contribution in [3.05, 3.63) is 96.6 Å². The van der Waals surface area contributed by atoms with E-state index in [1.807, 2.05) is 43.3 Å². The van der Waals surface area contributed by atoms with E-state index in [0.717, 1.165) is 28.0 Å². The van der Waals surface area contributed by atoms with Crippen LogP contribution in [0.5, 0.6) is 5.75 Å². The molecule has 0 aliphatic rings. The third-order valence-corrected chi connectivity index (χ3v) is 7.61. The van der Waals surface area contributed by atoms with E-state index >= 15 is 0 Å². The molecule has 0 aliphatic heterocycles. The summed E-state index contributed by atoms with van der Waals surface area (Å²) in [5, 5.41) is 7.98. The summed E-state index contributed by atoms with van der Waals surface area (Å²) in [6.07, 6.45) is 0. The molecule has 0 fully saturated rings. The van der Waals surface area contributed by atoms with Gasteiger partial charge in [-0.2, -0.15) is 0 Å². The van der Waals surface area contributed by atoms with Crippen LogP contribution in [0.2, 0.25) is 0 Å². The number of ether oxygens (including phenoxy) is 1. The highest BCUT2D eigenvalue weighted by Gasteiger charge is 2.16. The molecule has 0 bridgehead atoms. The normalized spacial score (nSPS) is 11.9. The van der Waals surface area contributed by atoms with Gasteiger partial charge in [-0.3, -0.25) is 9.59 Å². The van der Waals surface area contributed by atoms with Gasteiger partial charge in [0.1, 0.15) is 5.75 Å². The minimum absolute atomic E-state index is 0.0644. The first-order valence-electron chi connectivity index (χ1n) is 12.5. The standard InChI is InChI=1S/C31H29N3O3S/c1-4-34-28-8-6-5-7-26(28)27-19-23(13-18-29(27)34)33-30(35)20(2)38-25-16-11-22(12-17-25)32-31(36)21-9-14-24(37-3)15-10-21/h5-20H,4H2,1-3H3,(H,32,36)(H,33,35). The number of carbonyl (C=O) groups excluding carboxylic acids is 2. The number of para-hydroxylation sites is 1. The van der Waals surface area contributed by atoms with Crippen molar-refractivity contribution in [1.82, 2.24) is 4.57 Å². The van der Waals surface area contributed by atoms with Crippen molar-refractivity contribution in [3.8, 4) is 5.75 Å². The molecule has 0 saturated heterocycles. The van der Waals surface area contributed by atoms with Gasteiger partial charge in [-0.05, 0) is 86.6 Å². The molecule has 1 unspecified atom stereocenters. The lowest BCUT2D eigenvalue weighted by Gasteiger charge is -2.13. The Bertz CT molecular complexity index is 1610. The zero-order chi connectivity index (χ0) is 26.6. The van der Waals surface area contributed by atoms with E-state index in [-0.39, 0.29) is 17.1 Å². The highest BCUT2D eigenvalue weighted by atomic mass is 32.2. The average molecular weight is 524 g/mol. The second-order valence-corrected chi connectivity index (χ2v) is 10.4. The van der Waals surface area contributed by atoms with Crippen LogP contribution < -0.4 is 15.4 Å². The molecule has 2 amide bonds. The molecule has 5 aromatic rings. The number of aryl methyl sites for hydroxylation is 1. The molecule has 0 spiro atoms. The topological polar surface area (TPSA) is 72.4 Å². The molecule has 192 valence electrons. The van der Waals surface area contributed by atoms with Crippen molar-refractivity contribution < 1.29 is 14.3 Å². The summed E-state index contributed by atoms with van der Waals surface area (Å²) in [5.41, 5.74) is 4.37. The minimum Gasteiger partial charge on any atom is -0.497 e. The summed E-state index contributed by atoms with van der Waals surface area (Å²) < 4.78 is 7.43. The molecule has 5 rings (SSSR count). The third-order valence-electron chi connectivity index (χ3n) is 6.50. The van der Waals surface area contributed by atoms with Crippen LogP contribution in [-0.2, 0) is 11.3 Å². The Morgan fingerprint density at radius 3 is 2.24 bits per heavy atom. The largest absolute Gasteiger partial charge is 0.497 e. The summed E-state index contributed by atoms with van der Waals surface area (Å²) in [5.74, 6) is 0.441. The van der Waals surface area contributed by atoms with Crippen LogP contribution in [0.4, 0.5) is 11.4 Å². The highest BCUT2D eigenvalue weighted by molar-refractivity contribution is 8.00. The number of carbonyl (C=O) groups is 2. The summed E-state index contributed by atoms with van der Waals surface area (Å²) >= 11 is 1.47. The number of nitrogens with one attached hydrogen (secondary N) is 2. The van der Waals surface area contributed by atoms with Crippen molar-refractivity contribution >= 4 is 56.8 Å². The summed E-state index contributed by atoms with van der Waals surface area (Å²) in [7, 11) is 1.59. The molecule has 0 radical (unpaired) electrons. The van der Waals surface area contributed by atoms with Gasteiger partial charge in [0.2, 0.25) is 5.91 Å². The number of methoxy groups -OCH3 is 1. The van der Waals surface area contributed by atoms with E-state index in [1.165, 1.54) is 22.7 Å². The van der Waals surface area contributed by atoms with Gasteiger partial charge in [0, 0.05) is 50.2 Å². The number of aromatic nitrogens is 1. The van der Waals surface area contributed by atoms with E-state index < -0.39 is 0 Å². The SMILES string of the molecule is CCn1c2ccccc2c2cc(NC(=O)C(C)Sc3ccc(NC(=O)c4ccc(OC)cc4)cc3)ccc21. The molecule has 1 atom stereocenters. The fourth-order valence-electron chi connectivity index (χ4n) is 4.54. The minimum atomic E-state index is -0.303. The lowest BCUT2D eigenvalue weighted by Crippen LogP contribution is -2.22. The van der Waals surface area contributed by atoms with E-state index in [0.29, 0.717) is 17.0 Å². The number of thioether (sulfide) groups is 1. The molecule has 1 heterocycles. The zero-order valence-electron chi connectivity index (χ0n) is 21.5. The Morgan fingerprint density at radius 1 is 0.842 bits per heavy atom. The third kappa shape index (κ3) is 5.24. The van der Waals surface area contributed by atoms with Gasteiger partial charge < -0.3 is 19.9 Å². The molecule has 0 aliphatic carbocycles. The Hall–Kier alpha value is -4.23. The van der Waals surface area contributed by atoms with E-state index in [2.05, 4.69) is 52.5 Å². The predicted molar refractivity (Wildman–Crippen MR) is 156 cm³/mol. The number of rotatable bonds is 8. The second kappa shape index (κ2) is 11.0. The molecule has 4 aromatic carbocycles. The number of benzene rings is 4. The maximum absolute atomic E-state index is 13.0. The molecule has 38 heavy (non-hydrogen) atoms. The first-order valence-corrected chi connectivity index (χ1v) is 13.4. The van der Waals surface area contributed by atoms with E-state index in [4.69, 9.17) is 4.74 Å². The van der Waals surface area contributed by atoms with Gasteiger partial charge in [-0.15, -0.1) is 11.8 Å². The van der Waals surface area contributed by atoms with Crippen LogP contribution in [0.25, 0.3) is 21.8 Å². The summed E-state index contributed by atoms with van der Waals surface area (Å²) in [6.45, 7) is 4.91. The van der Waals surface area contributed by atoms with Crippen molar-refractivity contribution in [3.63, 3.8) is 0 Å². The van der Waals surface area contributed by atoms with Crippen molar-refractivity contribution in [2.75, 3.05) is 17.7 Å². The first-order chi connectivity index (χ1) is 18.5. The molecular formula is C31H29N3O3S. The molecule has 6 nitrogen and oxygen atoms in total. The summed E-state index contributed by atoms with van der Waals surface area (Å²) in [6, 6.07) is 28.9. The summed E-state index contributed by atoms with van der Waals surface area (Å²) in [4.78, 5) is 26.4. The van der Waals surface area contributed by atoms with Gasteiger partial charge in [0.25, 0.3) is 5.91 Å². The van der Waals surface area contributed by atoms with Crippen LogP contribution in [-0.4, -0.2) is 28.7 Å². The van der Waals surface area contributed by atoms with Crippen molar-refractivity contribution in [2.24, 2.45) is 0 Å². The quantitative estimate of drug-likeness (QED) is 0.211. The number of amides is 2. The number of nitrogens with zero attached hydrogens (tertiary/aromatic N) is 1. The van der Waals surface area contributed by atoms with Crippen LogP contribution in [0.15, 0.2) is 95.9 Å². The number of fused-ring (bicyclic) bond motifs is 3. The Balaban J connectivity index is 1.22. The number of anilines is 2. The second-order valence-electron chi connectivity index (χ2n) is 8.95. The smallest absolute Gasteiger partial charge is 0.255 e. The van der Waals surface area contributed by atoms with Crippen LogP contribution in [0.1, 0.15) is 24.2 Å². The average Bonchev–Trinajstić information content (AvgIpc) is 3.27. The van der Waals surface area contributed by atoms with Gasteiger partial charge in [-0.1, -0.05) is 18.2 Å². The van der Waals surface area contributed by atoms with Crippen molar-refractivity contribution in [2.45, 2.75) is 30.5 Å². The van der Waals surface area contributed by atoms with Gasteiger partial charge in [0.15, 0.2) is 0 Å². The van der Waals surface area contributed by atoms with E-state index in [9.17, 15) is 9.59 Å². The Morgan fingerprint density at radius 2 is 1.53 bits per heavy atom. The number of hydrogen-bond donors (Lipinski definition) is 2. The monoisotopic (exact) mass is 523 g/mol. The van der Waals surface area contributed by atoms with Crippen LogP contribution >= 0.6 is 11.8 Å². The van der Waals surface area contributed by atoms with E-state index in [1.54, 1.807) is 31.4 Å². The van der Waals surface area contributed by atoms with Crippen molar-refractivity contribution in [1.29, 1.82) is 0 Å². The highest BCUT2D eigenvalue weighted by Crippen LogP contribution is 2.32. The number of hydrogen-bond acceptors (Lipinski definition) is 4. The lowest BCUT2D eigenvalue weighted by molar-refractivity contribution is -0.115. The molecule has 1 aromatic heterocycles. The van der Waals surface area contributed by atoms with Gasteiger partial charge in [0.05, 0.1) is 12.4 Å². The van der Waals surface area contributed by atoms with Crippen LogP contribution in [0, 0.1) is 0 Å². The van der Waals surface area contributed by atoms with Gasteiger partial charge >= 0.3 is 0 Å². The Labute approximate surface area is 226 Å². The first kappa shape index (κ1) is 25.4. The molecule has 2 N–H and O–H groups in total. The Kier molecular flexibility index (Phi) is 7.38. The maximum atomic E-state index is 13.0.